The Morgan fingerprint density at radius 2 is 1.17 bits per heavy atom. The minimum atomic E-state index is -0.412. The third-order valence-electron chi connectivity index (χ3n) is 5.20. The summed E-state index contributed by atoms with van der Waals surface area (Å²) < 4.78 is 10.8. The monoisotopic (exact) mass is 386 g/mol. The van der Waals surface area contributed by atoms with E-state index in [1.165, 1.54) is 0 Å². The second-order valence-corrected chi connectivity index (χ2v) is 6.89. The van der Waals surface area contributed by atoms with Gasteiger partial charge in [0.2, 0.25) is 0 Å². The summed E-state index contributed by atoms with van der Waals surface area (Å²) in [6.45, 7) is 0. The molecule has 0 spiro atoms. The number of rotatable bonds is 5. The molecule has 0 aromatic heterocycles. The molecule has 0 fully saturated rings. The third-order valence-corrected chi connectivity index (χ3v) is 5.20. The average molecular weight is 386 g/mol. The minimum absolute atomic E-state index is 0.131. The smallest absolute Gasteiger partial charge is 0.120 e. The quantitative estimate of drug-likeness (QED) is 0.448. The molecule has 0 saturated heterocycles. The van der Waals surface area contributed by atoms with Gasteiger partial charge in [0, 0.05) is 17.0 Å². The lowest BCUT2D eigenvalue weighted by atomic mass is 9.83. The molecular formula is C25H22O4. The molecule has 29 heavy (non-hydrogen) atoms. The zero-order valence-corrected chi connectivity index (χ0v) is 16.3. The van der Waals surface area contributed by atoms with Crippen LogP contribution in [-0.4, -0.2) is 24.4 Å². The van der Waals surface area contributed by atoms with E-state index in [0.29, 0.717) is 22.6 Å². The molecule has 0 saturated carbocycles. The summed E-state index contributed by atoms with van der Waals surface area (Å²) in [5, 5.41) is 23.6. The predicted octanol–water partition coefficient (Wildman–Crippen LogP) is 5.45. The Bertz CT molecular complexity index is 1110. The summed E-state index contributed by atoms with van der Waals surface area (Å²) in [6, 6.07) is 24.5. The molecule has 0 atom stereocenters. The summed E-state index contributed by atoms with van der Waals surface area (Å²) in [7, 11) is 3.18. The molecule has 0 radical (unpaired) electrons. The van der Waals surface area contributed by atoms with Crippen LogP contribution in [0.25, 0.3) is 10.8 Å². The lowest BCUT2D eigenvalue weighted by Crippen LogP contribution is -2.05. The van der Waals surface area contributed by atoms with Crippen molar-refractivity contribution in [2.45, 2.75) is 5.92 Å². The van der Waals surface area contributed by atoms with Crippen LogP contribution < -0.4 is 9.47 Å². The van der Waals surface area contributed by atoms with E-state index in [1.54, 1.807) is 50.6 Å². The molecule has 4 heteroatoms. The van der Waals surface area contributed by atoms with E-state index in [-0.39, 0.29) is 11.5 Å². The predicted molar refractivity (Wildman–Crippen MR) is 114 cm³/mol. The van der Waals surface area contributed by atoms with Crippen LogP contribution in [0.1, 0.15) is 22.6 Å². The second kappa shape index (κ2) is 7.76. The number of methoxy groups -OCH3 is 2. The fraction of sp³-hybridized carbons (Fsp3) is 0.120. The Balaban J connectivity index is 1.99. The maximum atomic E-state index is 10.7. The van der Waals surface area contributed by atoms with Crippen molar-refractivity contribution in [2.75, 3.05) is 14.2 Å². The van der Waals surface area contributed by atoms with Crippen molar-refractivity contribution in [3.63, 3.8) is 0 Å². The topological polar surface area (TPSA) is 58.9 Å². The molecule has 4 aromatic rings. The summed E-state index contributed by atoms with van der Waals surface area (Å²) in [4.78, 5) is 0. The highest BCUT2D eigenvalue weighted by molar-refractivity contribution is 5.83. The van der Waals surface area contributed by atoms with E-state index in [2.05, 4.69) is 12.1 Å². The Labute approximate surface area is 169 Å². The van der Waals surface area contributed by atoms with Crippen LogP contribution in [0, 0.1) is 0 Å². The number of benzene rings is 4. The van der Waals surface area contributed by atoms with E-state index >= 15 is 0 Å². The normalized spacial score (nSPS) is 11.0. The van der Waals surface area contributed by atoms with Crippen molar-refractivity contribution < 1.29 is 19.7 Å². The van der Waals surface area contributed by atoms with Gasteiger partial charge >= 0.3 is 0 Å². The first-order chi connectivity index (χ1) is 14.1. The van der Waals surface area contributed by atoms with Gasteiger partial charge in [0.05, 0.1) is 14.2 Å². The summed E-state index contributed by atoms with van der Waals surface area (Å²) >= 11 is 0. The zero-order chi connectivity index (χ0) is 20.4. The maximum absolute atomic E-state index is 10.7. The highest BCUT2D eigenvalue weighted by Gasteiger charge is 2.24. The van der Waals surface area contributed by atoms with Gasteiger partial charge in [-0.1, -0.05) is 42.5 Å². The van der Waals surface area contributed by atoms with Gasteiger partial charge in [-0.15, -0.1) is 0 Å². The largest absolute Gasteiger partial charge is 0.508 e. The van der Waals surface area contributed by atoms with Crippen LogP contribution in [0.15, 0.2) is 78.9 Å². The van der Waals surface area contributed by atoms with E-state index in [0.717, 1.165) is 16.3 Å². The number of hydrogen-bond acceptors (Lipinski definition) is 4. The fourth-order valence-electron chi connectivity index (χ4n) is 3.70. The number of ether oxygens (including phenoxy) is 2. The van der Waals surface area contributed by atoms with Crippen molar-refractivity contribution in [3.05, 3.63) is 95.6 Å². The van der Waals surface area contributed by atoms with E-state index in [9.17, 15) is 10.2 Å². The van der Waals surface area contributed by atoms with Gasteiger partial charge in [0.25, 0.3) is 0 Å². The molecule has 2 N–H and O–H groups in total. The molecule has 0 aliphatic heterocycles. The lowest BCUT2D eigenvalue weighted by Gasteiger charge is -2.22. The number of phenolic OH excluding ortho intramolecular Hbond substituents is 2. The molecule has 0 heterocycles. The van der Waals surface area contributed by atoms with E-state index in [4.69, 9.17) is 9.47 Å². The number of hydrogen-bond donors (Lipinski definition) is 2. The highest BCUT2D eigenvalue weighted by atomic mass is 16.5. The molecule has 0 aliphatic rings. The zero-order valence-electron chi connectivity index (χ0n) is 16.3. The standard InChI is InChI=1S/C25H22O4/c1-28-19-9-11-23(26)21(14-19)25(22-15-20(29-2)10-12-24(22)27)18-8-7-16-5-3-4-6-17(16)13-18/h3-15,25-27H,1-2H3. The number of aromatic hydroxyl groups is 2. The van der Waals surface area contributed by atoms with Crippen molar-refractivity contribution in [2.24, 2.45) is 0 Å². The molecule has 4 nitrogen and oxygen atoms in total. The third kappa shape index (κ3) is 3.57. The van der Waals surface area contributed by atoms with Gasteiger partial charge in [-0.2, -0.15) is 0 Å². The molecule has 0 bridgehead atoms. The maximum Gasteiger partial charge on any atom is 0.120 e. The van der Waals surface area contributed by atoms with Crippen LogP contribution >= 0.6 is 0 Å². The Morgan fingerprint density at radius 1 is 0.621 bits per heavy atom. The molecule has 4 aromatic carbocycles. The van der Waals surface area contributed by atoms with Crippen molar-refractivity contribution >= 4 is 10.8 Å². The lowest BCUT2D eigenvalue weighted by molar-refractivity contribution is 0.408. The van der Waals surface area contributed by atoms with Gasteiger partial charge in [0.15, 0.2) is 0 Å². The number of fused-ring (bicyclic) bond motifs is 1. The first-order valence-electron chi connectivity index (χ1n) is 9.33. The first kappa shape index (κ1) is 18.7. The van der Waals surface area contributed by atoms with Gasteiger partial charge in [-0.05, 0) is 52.7 Å². The van der Waals surface area contributed by atoms with Crippen LogP contribution in [0.5, 0.6) is 23.0 Å². The molecule has 0 amide bonds. The van der Waals surface area contributed by atoms with Crippen LogP contribution in [0.3, 0.4) is 0 Å². The molecular weight excluding hydrogens is 364 g/mol. The van der Waals surface area contributed by atoms with Gasteiger partial charge < -0.3 is 19.7 Å². The van der Waals surface area contributed by atoms with Crippen molar-refractivity contribution in [1.29, 1.82) is 0 Å². The average Bonchev–Trinajstić information content (AvgIpc) is 2.76. The van der Waals surface area contributed by atoms with Gasteiger partial charge in [-0.25, -0.2) is 0 Å². The number of phenols is 2. The first-order valence-corrected chi connectivity index (χ1v) is 9.33. The molecule has 4 rings (SSSR count). The molecule has 0 unspecified atom stereocenters. The fourth-order valence-corrected chi connectivity index (χ4v) is 3.70. The van der Waals surface area contributed by atoms with Crippen molar-refractivity contribution in [3.8, 4) is 23.0 Å². The highest BCUT2D eigenvalue weighted by Crippen LogP contribution is 2.43. The minimum Gasteiger partial charge on any atom is -0.508 e. The molecule has 146 valence electrons. The molecule has 0 aliphatic carbocycles. The van der Waals surface area contributed by atoms with Crippen LogP contribution in [-0.2, 0) is 0 Å². The SMILES string of the molecule is COc1ccc(O)c(C(c2ccc3ccccc3c2)c2cc(OC)ccc2O)c1. The Morgan fingerprint density at radius 3 is 1.72 bits per heavy atom. The Hall–Kier alpha value is -3.66. The van der Waals surface area contributed by atoms with Crippen molar-refractivity contribution in [1.82, 2.24) is 0 Å². The summed E-state index contributed by atoms with van der Waals surface area (Å²) in [5.74, 6) is 1.11. The van der Waals surface area contributed by atoms with E-state index in [1.807, 2.05) is 30.3 Å². The van der Waals surface area contributed by atoms with Gasteiger partial charge in [0.1, 0.15) is 23.0 Å². The summed E-state index contributed by atoms with van der Waals surface area (Å²) in [5.41, 5.74) is 2.22. The van der Waals surface area contributed by atoms with E-state index < -0.39 is 5.92 Å². The summed E-state index contributed by atoms with van der Waals surface area (Å²) in [6.07, 6.45) is 0. The Kier molecular flexibility index (Phi) is 5.00. The second-order valence-electron chi connectivity index (χ2n) is 6.89. The van der Waals surface area contributed by atoms with Crippen LogP contribution in [0.2, 0.25) is 0 Å². The van der Waals surface area contributed by atoms with Gasteiger partial charge in [-0.3, -0.25) is 0 Å². The van der Waals surface area contributed by atoms with Crippen LogP contribution in [0.4, 0.5) is 0 Å².